The zero-order valence-electron chi connectivity index (χ0n) is 27.3. The first kappa shape index (κ1) is 32.0. The zero-order valence-corrected chi connectivity index (χ0v) is 27.3. The summed E-state index contributed by atoms with van der Waals surface area (Å²) in [7, 11) is 0. The smallest absolute Gasteiger partial charge is 0.305 e. The molecule has 1 unspecified atom stereocenters. The lowest BCUT2D eigenvalue weighted by Crippen LogP contribution is -2.31. The summed E-state index contributed by atoms with van der Waals surface area (Å²) in [5.41, 5.74) is 5.28. The molecule has 1 saturated carbocycles. The van der Waals surface area contributed by atoms with Gasteiger partial charge in [-0.1, -0.05) is 119 Å². The minimum absolute atomic E-state index is 0.0624. The van der Waals surface area contributed by atoms with E-state index in [0.717, 1.165) is 58.2 Å². The average Bonchev–Trinajstić information content (AvgIpc) is 3.58. The number of aliphatic carboxylic acids is 1. The lowest BCUT2D eigenvalue weighted by atomic mass is 9.87. The van der Waals surface area contributed by atoms with E-state index in [-0.39, 0.29) is 17.5 Å². The Morgan fingerprint density at radius 3 is 2.17 bits per heavy atom. The number of rotatable bonds is 10. The fourth-order valence-electron chi connectivity index (χ4n) is 6.48. The number of hydrogen-bond acceptors (Lipinski definition) is 4. The largest absolute Gasteiger partial charge is 0.481 e. The van der Waals surface area contributed by atoms with E-state index in [1.807, 2.05) is 84.9 Å². The summed E-state index contributed by atoms with van der Waals surface area (Å²) in [5, 5.41) is 14.6. The van der Waals surface area contributed by atoms with Crippen molar-refractivity contribution < 1.29 is 19.4 Å². The molecule has 0 aliphatic heterocycles. The maximum Gasteiger partial charge on any atom is 0.305 e. The number of fused-ring (bicyclic) bond motifs is 1. The minimum Gasteiger partial charge on any atom is -0.481 e. The highest BCUT2D eigenvalue weighted by molar-refractivity contribution is 5.98. The first-order valence-corrected chi connectivity index (χ1v) is 16.5. The molecule has 6 rings (SSSR count). The van der Waals surface area contributed by atoms with Crippen molar-refractivity contribution in [3.63, 3.8) is 0 Å². The van der Waals surface area contributed by atoms with Gasteiger partial charge in [0.15, 0.2) is 0 Å². The molecule has 240 valence electrons. The van der Waals surface area contributed by atoms with Crippen LogP contribution < -0.4 is 10.1 Å². The van der Waals surface area contributed by atoms with Crippen molar-refractivity contribution in [1.82, 2.24) is 10.3 Å². The molecule has 1 aromatic heterocycles. The SMILES string of the molecule is CC(C)(C)c1ccc(Oc2ccc3cc(C(=O)NC(CC(=O)O)c4ccc(-c5ccccc5)cc4)nc(CC4CCCC4)c3c2)cc1. The predicted octanol–water partition coefficient (Wildman–Crippen LogP) is 9.67. The second-order valence-corrected chi connectivity index (χ2v) is 13.7. The monoisotopic (exact) mass is 626 g/mol. The molecule has 6 heteroatoms. The number of aromatic nitrogens is 1. The molecule has 2 N–H and O–H groups in total. The first-order chi connectivity index (χ1) is 22.6. The molecule has 0 bridgehead atoms. The van der Waals surface area contributed by atoms with Crippen molar-refractivity contribution in [1.29, 1.82) is 0 Å². The Morgan fingerprint density at radius 2 is 1.51 bits per heavy atom. The predicted molar refractivity (Wildman–Crippen MR) is 187 cm³/mol. The highest BCUT2D eigenvalue weighted by atomic mass is 16.5. The molecule has 1 fully saturated rings. The van der Waals surface area contributed by atoms with Crippen LogP contribution in [0.3, 0.4) is 0 Å². The molecule has 1 heterocycles. The van der Waals surface area contributed by atoms with Crippen LogP contribution in [0.15, 0.2) is 103 Å². The number of pyridine rings is 1. The van der Waals surface area contributed by atoms with E-state index < -0.39 is 17.9 Å². The number of carboxylic acids is 1. The van der Waals surface area contributed by atoms with Gasteiger partial charge in [0.2, 0.25) is 0 Å². The molecule has 0 saturated heterocycles. The highest BCUT2D eigenvalue weighted by Crippen LogP contribution is 2.34. The molecule has 1 atom stereocenters. The Balaban J connectivity index is 1.27. The Hall–Kier alpha value is -4.97. The molecule has 0 spiro atoms. The average molecular weight is 627 g/mol. The lowest BCUT2D eigenvalue weighted by molar-refractivity contribution is -0.137. The van der Waals surface area contributed by atoms with Crippen LogP contribution in [0.2, 0.25) is 0 Å². The number of carbonyl (C=O) groups excluding carboxylic acids is 1. The molecular weight excluding hydrogens is 584 g/mol. The van der Waals surface area contributed by atoms with Crippen molar-refractivity contribution in [3.8, 4) is 22.6 Å². The van der Waals surface area contributed by atoms with E-state index >= 15 is 0 Å². The van der Waals surface area contributed by atoms with Gasteiger partial charge >= 0.3 is 5.97 Å². The van der Waals surface area contributed by atoms with Crippen LogP contribution in [0, 0.1) is 5.92 Å². The summed E-state index contributed by atoms with van der Waals surface area (Å²) in [6.45, 7) is 6.57. The summed E-state index contributed by atoms with van der Waals surface area (Å²) in [5.74, 6) is 0.614. The van der Waals surface area contributed by atoms with Gasteiger partial charge in [0.25, 0.3) is 5.91 Å². The second-order valence-electron chi connectivity index (χ2n) is 13.7. The van der Waals surface area contributed by atoms with Gasteiger partial charge in [-0.05, 0) is 75.7 Å². The van der Waals surface area contributed by atoms with Crippen molar-refractivity contribution in [2.75, 3.05) is 0 Å². The fourth-order valence-corrected chi connectivity index (χ4v) is 6.48. The van der Waals surface area contributed by atoms with Gasteiger partial charge in [0.1, 0.15) is 17.2 Å². The van der Waals surface area contributed by atoms with Crippen LogP contribution in [-0.4, -0.2) is 22.0 Å². The van der Waals surface area contributed by atoms with Crippen LogP contribution in [0.5, 0.6) is 11.5 Å². The van der Waals surface area contributed by atoms with Crippen LogP contribution in [0.25, 0.3) is 21.9 Å². The topological polar surface area (TPSA) is 88.5 Å². The summed E-state index contributed by atoms with van der Waals surface area (Å²) in [6.07, 6.45) is 5.26. The van der Waals surface area contributed by atoms with Crippen LogP contribution in [0.4, 0.5) is 0 Å². The number of carboxylic acid groups (broad SMARTS) is 1. The van der Waals surface area contributed by atoms with E-state index in [4.69, 9.17) is 9.72 Å². The van der Waals surface area contributed by atoms with Crippen LogP contribution in [-0.2, 0) is 16.6 Å². The summed E-state index contributed by atoms with van der Waals surface area (Å²) >= 11 is 0. The van der Waals surface area contributed by atoms with Gasteiger partial charge in [0.05, 0.1) is 12.5 Å². The number of amides is 1. The summed E-state index contributed by atoms with van der Waals surface area (Å²) in [6, 6.07) is 32.9. The van der Waals surface area contributed by atoms with E-state index in [9.17, 15) is 14.7 Å². The molecule has 5 aromatic rings. The third-order valence-electron chi connectivity index (χ3n) is 9.13. The van der Waals surface area contributed by atoms with Crippen molar-refractivity contribution in [2.24, 2.45) is 5.92 Å². The molecule has 6 nitrogen and oxygen atoms in total. The van der Waals surface area contributed by atoms with Crippen molar-refractivity contribution >= 4 is 22.6 Å². The Bertz CT molecular complexity index is 1850. The van der Waals surface area contributed by atoms with Gasteiger partial charge < -0.3 is 15.2 Å². The van der Waals surface area contributed by atoms with Crippen molar-refractivity contribution in [3.05, 3.63) is 126 Å². The molecule has 0 radical (unpaired) electrons. The molecule has 47 heavy (non-hydrogen) atoms. The maximum absolute atomic E-state index is 13.7. The van der Waals surface area contributed by atoms with Gasteiger partial charge in [-0.3, -0.25) is 9.59 Å². The van der Waals surface area contributed by atoms with E-state index in [0.29, 0.717) is 11.7 Å². The second kappa shape index (κ2) is 13.8. The standard InChI is InChI=1S/C41H42N2O4/c1-41(2,3)32-18-21-33(22-19-32)47-34-20-17-31-24-38(42-37(35(31)25-34)23-27-9-7-8-10-27)40(46)43-36(26-39(44)45)30-15-13-29(14-16-30)28-11-5-4-6-12-28/h4-6,11-22,24-25,27,36H,7-10,23,26H2,1-3H3,(H,43,46)(H,44,45). The molecular formula is C41H42N2O4. The van der Waals surface area contributed by atoms with Crippen molar-refractivity contribution in [2.45, 2.75) is 70.8 Å². The number of carbonyl (C=O) groups is 2. The maximum atomic E-state index is 13.7. The number of ether oxygens (including phenoxy) is 1. The van der Waals surface area contributed by atoms with Gasteiger partial charge in [-0.15, -0.1) is 0 Å². The normalized spacial score (nSPS) is 14.2. The Labute approximate surface area is 276 Å². The van der Waals surface area contributed by atoms with Gasteiger partial charge in [-0.2, -0.15) is 0 Å². The third-order valence-corrected chi connectivity index (χ3v) is 9.13. The summed E-state index contributed by atoms with van der Waals surface area (Å²) in [4.78, 5) is 30.5. The van der Waals surface area contributed by atoms with E-state index in [1.165, 1.54) is 18.4 Å². The molecule has 1 amide bonds. The minimum atomic E-state index is -0.989. The number of benzene rings is 4. The van der Waals surface area contributed by atoms with Crippen LogP contribution >= 0.6 is 0 Å². The molecule has 1 aliphatic rings. The number of nitrogens with one attached hydrogen (secondary N) is 1. The van der Waals surface area contributed by atoms with Gasteiger partial charge in [-0.25, -0.2) is 4.98 Å². The third kappa shape index (κ3) is 7.89. The first-order valence-electron chi connectivity index (χ1n) is 16.5. The van der Waals surface area contributed by atoms with Crippen LogP contribution in [0.1, 0.15) is 86.2 Å². The number of nitrogens with zero attached hydrogens (tertiary/aromatic N) is 1. The zero-order chi connectivity index (χ0) is 33.0. The summed E-state index contributed by atoms with van der Waals surface area (Å²) < 4.78 is 6.27. The molecule has 4 aromatic carbocycles. The van der Waals surface area contributed by atoms with E-state index in [2.05, 4.69) is 38.2 Å². The Kier molecular flexibility index (Phi) is 9.39. The molecule has 1 aliphatic carbocycles. The lowest BCUT2D eigenvalue weighted by Gasteiger charge is -2.19. The number of hydrogen-bond donors (Lipinski definition) is 2. The Morgan fingerprint density at radius 1 is 0.851 bits per heavy atom. The highest BCUT2D eigenvalue weighted by Gasteiger charge is 2.23. The fraction of sp³-hybridized carbons (Fsp3) is 0.293. The quantitative estimate of drug-likeness (QED) is 0.161. The van der Waals surface area contributed by atoms with Gasteiger partial charge in [0, 0.05) is 11.1 Å². The van der Waals surface area contributed by atoms with E-state index in [1.54, 1.807) is 6.07 Å².